The van der Waals surface area contributed by atoms with Crippen molar-refractivity contribution in [3.05, 3.63) is 0 Å². The Morgan fingerprint density at radius 2 is 2.13 bits per heavy atom. The van der Waals surface area contributed by atoms with Gasteiger partial charge in [-0.1, -0.05) is 20.8 Å². The van der Waals surface area contributed by atoms with Crippen molar-refractivity contribution in [1.29, 1.82) is 0 Å². The molecule has 1 aliphatic heterocycles. The fourth-order valence-corrected chi connectivity index (χ4v) is 2.10. The first kappa shape index (κ1) is 12.5. The van der Waals surface area contributed by atoms with Crippen molar-refractivity contribution in [3.63, 3.8) is 0 Å². The van der Waals surface area contributed by atoms with Crippen molar-refractivity contribution < 1.29 is 4.79 Å². The van der Waals surface area contributed by atoms with Crippen LogP contribution in [0.3, 0.4) is 0 Å². The van der Waals surface area contributed by atoms with Crippen LogP contribution in [0.5, 0.6) is 0 Å². The largest absolute Gasteiger partial charge is 0.345 e. The smallest absolute Gasteiger partial charge is 0.223 e. The fraction of sp³-hybridized carbons (Fsp3) is 0.917. The van der Waals surface area contributed by atoms with Crippen LogP contribution in [0, 0.1) is 5.41 Å². The van der Waals surface area contributed by atoms with Gasteiger partial charge in [-0.05, 0) is 24.8 Å². The zero-order valence-electron chi connectivity index (χ0n) is 10.5. The predicted octanol–water partition coefficient (Wildman–Crippen LogP) is 1.63. The SMILES string of the molecule is CN(CC(C)(C)C)C(=O)CC1CCCN1. The van der Waals surface area contributed by atoms with Crippen molar-refractivity contribution >= 4 is 5.91 Å². The van der Waals surface area contributed by atoms with Crippen LogP contribution in [0.25, 0.3) is 0 Å². The highest BCUT2D eigenvalue weighted by Gasteiger charge is 2.22. The Bertz CT molecular complexity index is 214. The molecule has 0 radical (unpaired) electrons. The highest BCUT2D eigenvalue weighted by atomic mass is 16.2. The number of hydrogen-bond donors (Lipinski definition) is 1. The van der Waals surface area contributed by atoms with E-state index in [-0.39, 0.29) is 11.3 Å². The molecule has 0 saturated carbocycles. The molecule has 1 rings (SSSR count). The predicted molar refractivity (Wildman–Crippen MR) is 62.7 cm³/mol. The standard InChI is InChI=1S/C12H24N2O/c1-12(2,3)9-14(4)11(15)8-10-6-5-7-13-10/h10,13H,5-9H2,1-4H3. The minimum Gasteiger partial charge on any atom is -0.345 e. The van der Waals surface area contributed by atoms with E-state index in [1.165, 1.54) is 6.42 Å². The highest BCUT2D eigenvalue weighted by Crippen LogP contribution is 2.16. The van der Waals surface area contributed by atoms with Crippen molar-refractivity contribution in [1.82, 2.24) is 10.2 Å². The molecule has 1 N–H and O–H groups in total. The molecule has 3 nitrogen and oxygen atoms in total. The molecule has 1 saturated heterocycles. The lowest BCUT2D eigenvalue weighted by Gasteiger charge is -2.27. The van der Waals surface area contributed by atoms with E-state index >= 15 is 0 Å². The lowest BCUT2D eigenvalue weighted by molar-refractivity contribution is -0.131. The number of carbonyl (C=O) groups is 1. The zero-order chi connectivity index (χ0) is 11.5. The maximum atomic E-state index is 11.9. The second-order valence-corrected chi connectivity index (χ2v) is 5.81. The van der Waals surface area contributed by atoms with Gasteiger partial charge in [0.05, 0.1) is 0 Å². The third-order valence-corrected chi connectivity index (χ3v) is 2.72. The van der Waals surface area contributed by atoms with Gasteiger partial charge < -0.3 is 10.2 Å². The number of carbonyl (C=O) groups excluding carboxylic acids is 1. The Hall–Kier alpha value is -0.570. The van der Waals surface area contributed by atoms with E-state index in [1.807, 2.05) is 11.9 Å². The van der Waals surface area contributed by atoms with Gasteiger partial charge in [-0.3, -0.25) is 4.79 Å². The molecule has 0 aromatic heterocycles. The van der Waals surface area contributed by atoms with E-state index in [9.17, 15) is 4.79 Å². The normalized spacial score (nSPS) is 21.7. The Kier molecular flexibility index (Phi) is 4.14. The summed E-state index contributed by atoms with van der Waals surface area (Å²) in [5, 5.41) is 3.36. The Labute approximate surface area is 93.2 Å². The van der Waals surface area contributed by atoms with E-state index in [4.69, 9.17) is 0 Å². The van der Waals surface area contributed by atoms with E-state index < -0.39 is 0 Å². The number of hydrogen-bond acceptors (Lipinski definition) is 2. The van der Waals surface area contributed by atoms with Crippen LogP contribution in [0.4, 0.5) is 0 Å². The Balaban J connectivity index is 2.32. The van der Waals surface area contributed by atoms with Gasteiger partial charge in [0.25, 0.3) is 0 Å². The third kappa shape index (κ3) is 4.65. The fourth-order valence-electron chi connectivity index (χ4n) is 2.10. The molecule has 15 heavy (non-hydrogen) atoms. The summed E-state index contributed by atoms with van der Waals surface area (Å²) in [5.41, 5.74) is 0.188. The summed E-state index contributed by atoms with van der Waals surface area (Å²) in [6.45, 7) is 8.37. The number of nitrogens with zero attached hydrogens (tertiary/aromatic N) is 1. The molecular weight excluding hydrogens is 188 g/mol. The highest BCUT2D eigenvalue weighted by molar-refractivity contribution is 5.76. The van der Waals surface area contributed by atoms with Gasteiger partial charge in [-0.15, -0.1) is 0 Å². The molecule has 0 spiro atoms. The van der Waals surface area contributed by atoms with Gasteiger partial charge in [0.1, 0.15) is 0 Å². The average Bonchev–Trinajstić information content (AvgIpc) is 2.53. The summed E-state index contributed by atoms with van der Waals surface area (Å²) in [5.74, 6) is 0.268. The molecule has 0 aliphatic carbocycles. The first-order chi connectivity index (χ1) is 6.88. The van der Waals surface area contributed by atoms with E-state index in [1.54, 1.807) is 0 Å². The van der Waals surface area contributed by atoms with Gasteiger partial charge in [-0.2, -0.15) is 0 Å². The van der Waals surface area contributed by atoms with E-state index in [0.29, 0.717) is 12.5 Å². The lowest BCUT2D eigenvalue weighted by atomic mass is 9.96. The van der Waals surface area contributed by atoms with E-state index in [0.717, 1.165) is 19.5 Å². The molecule has 3 heteroatoms. The zero-order valence-corrected chi connectivity index (χ0v) is 10.5. The topological polar surface area (TPSA) is 32.3 Å². The molecule has 1 aliphatic rings. The molecule has 1 unspecified atom stereocenters. The van der Waals surface area contributed by atoms with Gasteiger partial charge in [0.2, 0.25) is 5.91 Å². The lowest BCUT2D eigenvalue weighted by Crippen LogP contribution is -2.37. The first-order valence-corrected chi connectivity index (χ1v) is 5.86. The van der Waals surface area contributed by atoms with Crippen LogP contribution < -0.4 is 5.32 Å². The van der Waals surface area contributed by atoms with Crippen LogP contribution in [0.15, 0.2) is 0 Å². The van der Waals surface area contributed by atoms with Crippen molar-refractivity contribution in [2.45, 2.75) is 46.1 Å². The monoisotopic (exact) mass is 212 g/mol. The van der Waals surface area contributed by atoms with Crippen molar-refractivity contribution in [2.24, 2.45) is 5.41 Å². The van der Waals surface area contributed by atoms with Crippen LogP contribution in [0.1, 0.15) is 40.0 Å². The maximum Gasteiger partial charge on any atom is 0.223 e. The van der Waals surface area contributed by atoms with Crippen LogP contribution in [-0.4, -0.2) is 37.0 Å². The second kappa shape index (κ2) is 4.97. The van der Waals surface area contributed by atoms with E-state index in [2.05, 4.69) is 26.1 Å². The molecule has 1 amide bonds. The maximum absolute atomic E-state index is 11.9. The molecule has 0 aromatic rings. The summed E-state index contributed by atoms with van der Waals surface area (Å²) >= 11 is 0. The summed E-state index contributed by atoms with van der Waals surface area (Å²) in [4.78, 5) is 13.7. The number of amides is 1. The van der Waals surface area contributed by atoms with Gasteiger partial charge >= 0.3 is 0 Å². The number of nitrogens with one attached hydrogen (secondary N) is 1. The van der Waals surface area contributed by atoms with Gasteiger partial charge in [-0.25, -0.2) is 0 Å². The summed E-state index contributed by atoms with van der Waals surface area (Å²) in [7, 11) is 1.91. The molecule has 1 fully saturated rings. The minimum absolute atomic E-state index is 0.188. The first-order valence-electron chi connectivity index (χ1n) is 5.86. The summed E-state index contributed by atoms with van der Waals surface area (Å²) in [6, 6.07) is 0.417. The van der Waals surface area contributed by atoms with Crippen molar-refractivity contribution in [2.75, 3.05) is 20.1 Å². The minimum atomic E-state index is 0.188. The number of rotatable bonds is 3. The third-order valence-electron chi connectivity index (χ3n) is 2.72. The van der Waals surface area contributed by atoms with Crippen LogP contribution in [0.2, 0.25) is 0 Å². The Morgan fingerprint density at radius 3 is 2.60 bits per heavy atom. The second-order valence-electron chi connectivity index (χ2n) is 5.81. The van der Waals surface area contributed by atoms with Gasteiger partial charge in [0, 0.05) is 26.1 Å². The molecular formula is C12H24N2O. The molecule has 0 aromatic carbocycles. The summed E-state index contributed by atoms with van der Waals surface area (Å²) < 4.78 is 0. The molecule has 1 heterocycles. The Morgan fingerprint density at radius 1 is 1.47 bits per heavy atom. The molecule has 88 valence electrons. The van der Waals surface area contributed by atoms with Crippen LogP contribution in [-0.2, 0) is 4.79 Å². The quantitative estimate of drug-likeness (QED) is 0.771. The van der Waals surface area contributed by atoms with Crippen LogP contribution >= 0.6 is 0 Å². The average molecular weight is 212 g/mol. The van der Waals surface area contributed by atoms with Gasteiger partial charge in [0.15, 0.2) is 0 Å². The summed E-state index contributed by atoms with van der Waals surface area (Å²) in [6.07, 6.45) is 3.02. The molecule has 1 atom stereocenters. The van der Waals surface area contributed by atoms with Crippen molar-refractivity contribution in [3.8, 4) is 0 Å². The molecule has 0 bridgehead atoms.